The zero-order chi connectivity index (χ0) is 18.4. The summed E-state index contributed by atoms with van der Waals surface area (Å²) in [5.41, 5.74) is 1.25. The van der Waals surface area contributed by atoms with E-state index in [2.05, 4.69) is 18.7 Å². The summed E-state index contributed by atoms with van der Waals surface area (Å²) in [6.45, 7) is 7.86. The molecule has 25 heavy (non-hydrogen) atoms. The van der Waals surface area contributed by atoms with Gasteiger partial charge in [-0.15, -0.1) is 11.3 Å². The van der Waals surface area contributed by atoms with Crippen molar-refractivity contribution in [2.45, 2.75) is 78.8 Å². The van der Waals surface area contributed by atoms with Crippen LogP contribution in [0, 0.1) is 13.8 Å². The highest BCUT2D eigenvalue weighted by molar-refractivity contribution is 7.18. The van der Waals surface area contributed by atoms with Gasteiger partial charge in [-0.2, -0.15) is 0 Å². The topological polar surface area (TPSA) is 38.1 Å². The average molecular weight is 364 g/mol. The smallest absolute Gasteiger partial charge is 0.262 e. The predicted molar refractivity (Wildman–Crippen MR) is 109 cm³/mol. The highest BCUT2D eigenvalue weighted by Crippen LogP contribution is 2.26. The van der Waals surface area contributed by atoms with E-state index >= 15 is 0 Å². The molecule has 5 heteroatoms. The molecule has 2 aromatic rings. The van der Waals surface area contributed by atoms with Gasteiger partial charge in [-0.3, -0.25) is 9.36 Å². The molecule has 0 unspecified atom stereocenters. The number of unbranched alkanes of at least 4 members (excludes halogenated alkanes) is 6. The van der Waals surface area contributed by atoms with E-state index in [0.717, 1.165) is 34.6 Å². The molecule has 0 saturated carbocycles. The molecule has 2 heterocycles. The molecule has 0 atom stereocenters. The highest BCUT2D eigenvalue weighted by atomic mass is 32.1. The van der Waals surface area contributed by atoms with Crippen LogP contribution in [0.3, 0.4) is 0 Å². The lowest BCUT2D eigenvalue weighted by Crippen LogP contribution is -2.28. The third-order valence-electron chi connectivity index (χ3n) is 4.81. The number of nitrogens with zero attached hydrogens (tertiary/aromatic N) is 3. The highest BCUT2D eigenvalue weighted by Gasteiger charge is 2.16. The average Bonchev–Trinajstić information content (AvgIpc) is 2.83. The summed E-state index contributed by atoms with van der Waals surface area (Å²) in [5.74, 6) is 0.898. The van der Waals surface area contributed by atoms with Gasteiger partial charge in [0.25, 0.3) is 5.56 Å². The Bertz CT molecular complexity index is 745. The minimum atomic E-state index is 0.148. The second-order valence-corrected chi connectivity index (χ2v) is 8.51. The summed E-state index contributed by atoms with van der Waals surface area (Å²) in [5, 5.41) is 0.827. The largest absolute Gasteiger partial charge is 0.302 e. The van der Waals surface area contributed by atoms with Crippen LogP contribution in [-0.4, -0.2) is 28.5 Å². The summed E-state index contributed by atoms with van der Waals surface area (Å²) in [7, 11) is 4.05. The maximum Gasteiger partial charge on any atom is 0.262 e. The van der Waals surface area contributed by atoms with E-state index in [-0.39, 0.29) is 5.56 Å². The molecule has 0 spiro atoms. The second-order valence-electron chi connectivity index (χ2n) is 7.31. The lowest BCUT2D eigenvalue weighted by atomic mass is 10.1. The summed E-state index contributed by atoms with van der Waals surface area (Å²) in [4.78, 5) is 22.1. The first kappa shape index (κ1) is 20.1. The third-order valence-corrected chi connectivity index (χ3v) is 5.91. The molecule has 2 aromatic heterocycles. The number of aryl methyl sites for hydroxylation is 2. The second kappa shape index (κ2) is 9.48. The van der Waals surface area contributed by atoms with Crippen molar-refractivity contribution in [3.8, 4) is 0 Å². The molecule has 0 aliphatic rings. The van der Waals surface area contributed by atoms with Gasteiger partial charge < -0.3 is 4.90 Å². The lowest BCUT2D eigenvalue weighted by Gasteiger charge is -2.16. The van der Waals surface area contributed by atoms with Gasteiger partial charge in [0.05, 0.1) is 11.9 Å². The number of rotatable bonds is 10. The SMILES string of the molecule is CCCCCCCCCn1c(CN(C)C)nc2sc(C)c(C)c2c1=O. The maximum absolute atomic E-state index is 13.1. The van der Waals surface area contributed by atoms with E-state index in [0.29, 0.717) is 6.54 Å². The van der Waals surface area contributed by atoms with Crippen LogP contribution in [0.1, 0.15) is 68.1 Å². The fraction of sp³-hybridized carbons (Fsp3) is 0.700. The predicted octanol–water partition coefficient (Wildman–Crippen LogP) is 4.89. The van der Waals surface area contributed by atoms with Gasteiger partial charge in [-0.1, -0.05) is 45.4 Å². The molecule has 0 aliphatic heterocycles. The summed E-state index contributed by atoms with van der Waals surface area (Å²) < 4.78 is 1.92. The lowest BCUT2D eigenvalue weighted by molar-refractivity contribution is 0.374. The van der Waals surface area contributed by atoms with Gasteiger partial charge in [0.1, 0.15) is 10.7 Å². The van der Waals surface area contributed by atoms with E-state index in [1.54, 1.807) is 11.3 Å². The van der Waals surface area contributed by atoms with E-state index in [1.165, 1.54) is 43.4 Å². The van der Waals surface area contributed by atoms with Crippen molar-refractivity contribution in [3.63, 3.8) is 0 Å². The molecule has 0 amide bonds. The molecule has 140 valence electrons. The first-order chi connectivity index (χ1) is 12.0. The standard InChI is InChI=1S/C20H33N3OS/c1-6-7-8-9-10-11-12-13-23-17(14-22(4)5)21-19-18(20(23)24)15(2)16(3)25-19/h6-14H2,1-5H3. The Kier molecular flexibility index (Phi) is 7.63. The summed E-state index contributed by atoms with van der Waals surface area (Å²) >= 11 is 1.64. The molecule has 0 radical (unpaired) electrons. The van der Waals surface area contributed by atoms with Crippen LogP contribution in [-0.2, 0) is 13.1 Å². The van der Waals surface area contributed by atoms with Crippen molar-refractivity contribution in [3.05, 3.63) is 26.6 Å². The number of thiophene rings is 1. The van der Waals surface area contributed by atoms with Crippen LogP contribution in [0.15, 0.2) is 4.79 Å². The Morgan fingerprint density at radius 2 is 1.68 bits per heavy atom. The van der Waals surface area contributed by atoms with Crippen molar-refractivity contribution in [1.82, 2.24) is 14.5 Å². The molecule has 0 aliphatic carbocycles. The minimum Gasteiger partial charge on any atom is -0.302 e. The zero-order valence-corrected chi connectivity index (χ0v) is 17.3. The van der Waals surface area contributed by atoms with Crippen LogP contribution in [0.4, 0.5) is 0 Å². The van der Waals surface area contributed by atoms with Crippen LogP contribution in [0.5, 0.6) is 0 Å². The fourth-order valence-electron chi connectivity index (χ4n) is 3.23. The van der Waals surface area contributed by atoms with Crippen LogP contribution < -0.4 is 5.56 Å². The van der Waals surface area contributed by atoms with E-state index in [9.17, 15) is 4.79 Å². The first-order valence-electron chi connectivity index (χ1n) is 9.59. The van der Waals surface area contributed by atoms with Crippen molar-refractivity contribution in [1.29, 1.82) is 0 Å². The minimum absolute atomic E-state index is 0.148. The number of fused-ring (bicyclic) bond motifs is 1. The van der Waals surface area contributed by atoms with Gasteiger partial charge in [-0.25, -0.2) is 4.98 Å². The van der Waals surface area contributed by atoms with Gasteiger partial charge in [0.15, 0.2) is 0 Å². The normalized spacial score (nSPS) is 11.8. The molecule has 0 N–H and O–H groups in total. The first-order valence-corrected chi connectivity index (χ1v) is 10.4. The Labute approximate surface area is 155 Å². The number of aromatic nitrogens is 2. The molecule has 0 bridgehead atoms. The van der Waals surface area contributed by atoms with Gasteiger partial charge in [0, 0.05) is 11.4 Å². The molecule has 2 rings (SSSR count). The van der Waals surface area contributed by atoms with Crippen molar-refractivity contribution < 1.29 is 0 Å². The van der Waals surface area contributed by atoms with Crippen molar-refractivity contribution in [2.24, 2.45) is 0 Å². The number of hydrogen-bond acceptors (Lipinski definition) is 4. The van der Waals surface area contributed by atoms with E-state index < -0.39 is 0 Å². The number of hydrogen-bond donors (Lipinski definition) is 0. The van der Waals surface area contributed by atoms with Gasteiger partial charge in [-0.05, 0) is 39.9 Å². The fourth-order valence-corrected chi connectivity index (χ4v) is 4.27. The monoisotopic (exact) mass is 363 g/mol. The van der Waals surface area contributed by atoms with Crippen molar-refractivity contribution in [2.75, 3.05) is 14.1 Å². The summed E-state index contributed by atoms with van der Waals surface area (Å²) in [6.07, 6.45) is 8.79. The molecule has 4 nitrogen and oxygen atoms in total. The van der Waals surface area contributed by atoms with Crippen LogP contribution in [0.2, 0.25) is 0 Å². The molecule has 0 saturated heterocycles. The zero-order valence-electron chi connectivity index (χ0n) is 16.5. The van der Waals surface area contributed by atoms with Crippen LogP contribution >= 0.6 is 11.3 Å². The van der Waals surface area contributed by atoms with Gasteiger partial charge in [0.2, 0.25) is 0 Å². The maximum atomic E-state index is 13.1. The Hall–Kier alpha value is -1.20. The Morgan fingerprint density at radius 3 is 2.32 bits per heavy atom. The molecular weight excluding hydrogens is 330 g/mol. The Morgan fingerprint density at radius 1 is 1.04 bits per heavy atom. The van der Waals surface area contributed by atoms with Gasteiger partial charge >= 0.3 is 0 Å². The molecular formula is C20H33N3OS. The Balaban J connectivity index is 2.16. The summed E-state index contributed by atoms with van der Waals surface area (Å²) in [6, 6.07) is 0. The van der Waals surface area contributed by atoms with Crippen LogP contribution in [0.25, 0.3) is 10.2 Å². The van der Waals surface area contributed by atoms with Crippen molar-refractivity contribution >= 4 is 21.6 Å². The van der Waals surface area contributed by atoms with E-state index in [1.807, 2.05) is 25.6 Å². The molecule has 0 aromatic carbocycles. The van der Waals surface area contributed by atoms with E-state index in [4.69, 9.17) is 4.98 Å². The molecule has 0 fully saturated rings. The third kappa shape index (κ3) is 5.14. The quantitative estimate of drug-likeness (QED) is 0.564.